The molecule has 1 amide bonds. The Hall–Kier alpha value is -3.57. The fourth-order valence-electron chi connectivity index (χ4n) is 2.86. The van der Waals surface area contributed by atoms with Crippen molar-refractivity contribution in [1.29, 1.82) is 0 Å². The Morgan fingerprint density at radius 1 is 1.23 bits per heavy atom. The van der Waals surface area contributed by atoms with Crippen LogP contribution in [0.1, 0.15) is 21.9 Å². The molecule has 3 aromatic rings. The number of alkyl halides is 3. The number of oxazole rings is 1. The maximum atomic E-state index is 13.1. The van der Waals surface area contributed by atoms with Crippen LogP contribution in [0.15, 0.2) is 28.7 Å². The Balaban J connectivity index is 2.12. The second kappa shape index (κ2) is 8.05. The highest BCUT2D eigenvalue weighted by Crippen LogP contribution is 2.36. The average molecular weight is 421 g/mol. The number of nitrogens with one attached hydrogen (secondary N) is 1. The molecule has 0 saturated heterocycles. The van der Waals surface area contributed by atoms with E-state index in [4.69, 9.17) is 9.15 Å². The second-order valence-corrected chi connectivity index (χ2v) is 6.23. The molecule has 0 atom stereocenters. The number of carboxylic acid groups (broad SMARTS) is 1. The first-order valence-electron chi connectivity index (χ1n) is 8.64. The van der Waals surface area contributed by atoms with Crippen molar-refractivity contribution in [2.75, 3.05) is 13.7 Å². The van der Waals surface area contributed by atoms with E-state index < -0.39 is 17.8 Å². The number of ether oxygens (including phenoxy) is 1. The highest BCUT2D eigenvalue weighted by atomic mass is 19.4. The summed E-state index contributed by atoms with van der Waals surface area (Å²) in [6.45, 7) is 0.129. The van der Waals surface area contributed by atoms with Gasteiger partial charge in [-0.3, -0.25) is 4.79 Å². The lowest BCUT2D eigenvalue weighted by Gasteiger charge is -2.11. The minimum atomic E-state index is -4.65. The van der Waals surface area contributed by atoms with Crippen LogP contribution < -0.4 is 10.1 Å². The number of carbonyl (C=O) groups is 2. The van der Waals surface area contributed by atoms with E-state index in [2.05, 4.69) is 15.3 Å². The molecule has 1 aromatic carbocycles. The predicted octanol–water partition coefficient (Wildman–Crippen LogP) is 2.50. The maximum Gasteiger partial charge on any atom is 0.433 e. The summed E-state index contributed by atoms with van der Waals surface area (Å²) in [4.78, 5) is 30.2. The van der Waals surface area contributed by atoms with Gasteiger partial charge in [-0.2, -0.15) is 13.2 Å². The summed E-state index contributed by atoms with van der Waals surface area (Å²) in [7, 11) is 2.61. The van der Waals surface area contributed by atoms with Crippen LogP contribution in [-0.4, -0.2) is 48.4 Å². The van der Waals surface area contributed by atoms with Gasteiger partial charge >= 0.3 is 12.1 Å². The number of aromatic carboxylic acids is 1. The van der Waals surface area contributed by atoms with Crippen LogP contribution in [0, 0.1) is 0 Å². The van der Waals surface area contributed by atoms with E-state index in [0.29, 0.717) is 0 Å². The van der Waals surface area contributed by atoms with Crippen molar-refractivity contribution in [2.24, 2.45) is 0 Å². The first-order chi connectivity index (χ1) is 14.1. The third-order valence-corrected chi connectivity index (χ3v) is 4.19. The van der Waals surface area contributed by atoms with E-state index in [9.17, 15) is 27.9 Å². The number of hydrogen-bond acceptors (Lipinski definition) is 6. The van der Waals surface area contributed by atoms with Crippen molar-refractivity contribution in [3.63, 3.8) is 0 Å². The molecule has 2 N–H and O–H groups in total. The number of amides is 1. The summed E-state index contributed by atoms with van der Waals surface area (Å²) in [6.07, 6.45) is -4.58. The van der Waals surface area contributed by atoms with Gasteiger partial charge in [-0.25, -0.2) is 14.8 Å². The summed E-state index contributed by atoms with van der Waals surface area (Å²) in [5, 5.41) is 12.2. The fourth-order valence-corrected chi connectivity index (χ4v) is 2.86. The number of halogens is 3. The Morgan fingerprint density at radius 3 is 2.57 bits per heavy atom. The number of aromatic nitrogens is 2. The third-order valence-electron chi connectivity index (χ3n) is 4.19. The smallest absolute Gasteiger partial charge is 0.433 e. The summed E-state index contributed by atoms with van der Waals surface area (Å²) < 4.78 is 49.9. The molecule has 2 aromatic heterocycles. The van der Waals surface area contributed by atoms with E-state index in [1.165, 1.54) is 33.2 Å². The molecule has 3 rings (SSSR count). The van der Waals surface area contributed by atoms with Crippen LogP contribution in [-0.2, 0) is 12.6 Å². The van der Waals surface area contributed by atoms with E-state index in [1.807, 2.05) is 0 Å². The first-order valence-corrected chi connectivity index (χ1v) is 8.64. The quantitative estimate of drug-likeness (QED) is 0.588. The van der Waals surface area contributed by atoms with Crippen molar-refractivity contribution in [3.05, 3.63) is 41.4 Å². The number of rotatable bonds is 6. The molecule has 0 fully saturated rings. The van der Waals surface area contributed by atoms with Gasteiger partial charge in [0.15, 0.2) is 11.5 Å². The van der Waals surface area contributed by atoms with E-state index in [-0.39, 0.29) is 58.3 Å². The summed E-state index contributed by atoms with van der Waals surface area (Å²) in [6, 6.07) is 4.90. The molecule has 0 saturated carbocycles. The normalized spacial score (nSPS) is 11.5. The van der Waals surface area contributed by atoms with Gasteiger partial charge in [0.2, 0.25) is 13.7 Å². The first kappa shape index (κ1) is 21.2. The van der Waals surface area contributed by atoms with Crippen LogP contribution >= 0.6 is 0 Å². The van der Waals surface area contributed by atoms with Gasteiger partial charge in [-0.15, -0.1) is 0 Å². The minimum absolute atomic E-state index is 0.0232. The molecular formula is C18H15BF3N3O5. The lowest BCUT2D eigenvalue weighted by Crippen LogP contribution is -2.24. The standard InChI is InChI=1S/C18H15BF3N3O5/c1-29-10-4-2-9(8-3-5-12(18(20,21)22)24-13(8)10)15-25-14(16(26)27)11(30-15)6-7-23-17(19)28/h2-5H,6-7,19H2,1H3,(H,23,28)(H,26,27). The Labute approximate surface area is 168 Å². The molecule has 0 aliphatic rings. The van der Waals surface area contributed by atoms with Gasteiger partial charge < -0.3 is 19.6 Å². The molecule has 156 valence electrons. The van der Waals surface area contributed by atoms with E-state index in [1.54, 1.807) is 0 Å². The van der Waals surface area contributed by atoms with Crippen molar-refractivity contribution < 1.29 is 37.0 Å². The number of carboxylic acids is 1. The molecule has 0 unspecified atom stereocenters. The van der Waals surface area contributed by atoms with Crippen LogP contribution in [0.2, 0.25) is 0 Å². The predicted molar refractivity (Wildman–Crippen MR) is 101 cm³/mol. The highest BCUT2D eigenvalue weighted by molar-refractivity contribution is 6.57. The second-order valence-electron chi connectivity index (χ2n) is 6.23. The number of pyridine rings is 1. The van der Waals surface area contributed by atoms with Crippen LogP contribution in [0.25, 0.3) is 22.4 Å². The largest absolute Gasteiger partial charge is 0.494 e. The molecule has 0 aliphatic heterocycles. The van der Waals surface area contributed by atoms with Gasteiger partial charge in [0, 0.05) is 23.9 Å². The lowest BCUT2D eigenvalue weighted by molar-refractivity contribution is -0.140. The van der Waals surface area contributed by atoms with Gasteiger partial charge in [-0.05, 0) is 24.3 Å². The molecule has 0 aliphatic carbocycles. The van der Waals surface area contributed by atoms with Gasteiger partial charge in [0.25, 0.3) is 0 Å². The summed E-state index contributed by atoms with van der Waals surface area (Å²) in [5.74, 6) is -1.59. The number of benzene rings is 1. The van der Waals surface area contributed by atoms with E-state index in [0.717, 1.165) is 6.07 Å². The zero-order valence-electron chi connectivity index (χ0n) is 15.8. The van der Waals surface area contributed by atoms with Gasteiger partial charge in [0.05, 0.1) is 7.11 Å². The lowest BCUT2D eigenvalue weighted by atomic mass is 10.1. The number of hydrogen-bond donors (Lipinski definition) is 2. The number of fused-ring (bicyclic) bond motifs is 1. The summed E-state index contributed by atoms with van der Waals surface area (Å²) >= 11 is 0. The molecule has 0 radical (unpaired) electrons. The van der Waals surface area contributed by atoms with Crippen molar-refractivity contribution >= 4 is 30.5 Å². The number of carbonyl (C=O) groups excluding carboxylic acids is 1. The van der Waals surface area contributed by atoms with Gasteiger partial charge in [-0.1, -0.05) is 0 Å². The van der Waals surface area contributed by atoms with Crippen LogP contribution in [0.4, 0.5) is 18.0 Å². The van der Waals surface area contributed by atoms with Crippen LogP contribution in [0.3, 0.4) is 0 Å². The zero-order chi connectivity index (χ0) is 22.1. The van der Waals surface area contributed by atoms with Crippen molar-refractivity contribution in [1.82, 2.24) is 15.3 Å². The van der Waals surface area contributed by atoms with Crippen molar-refractivity contribution in [2.45, 2.75) is 12.6 Å². The molecule has 12 heteroatoms. The Bertz CT molecular complexity index is 1130. The Morgan fingerprint density at radius 2 is 1.97 bits per heavy atom. The molecule has 0 spiro atoms. The summed E-state index contributed by atoms with van der Waals surface area (Å²) in [5.41, 5.74) is -1.26. The Kier molecular flexibility index (Phi) is 5.68. The number of nitrogens with zero attached hydrogens (tertiary/aromatic N) is 2. The van der Waals surface area contributed by atoms with E-state index >= 15 is 0 Å². The monoisotopic (exact) mass is 421 g/mol. The third kappa shape index (κ3) is 4.21. The number of methoxy groups -OCH3 is 1. The SMILES string of the molecule is BC(=O)NCCc1oc(-c2ccc(OC)c3nc(C(F)(F)F)ccc23)nc1C(=O)O. The van der Waals surface area contributed by atoms with Crippen LogP contribution in [0.5, 0.6) is 5.75 Å². The molecular weight excluding hydrogens is 406 g/mol. The topological polar surface area (TPSA) is 115 Å². The van der Waals surface area contributed by atoms with Crippen molar-refractivity contribution in [3.8, 4) is 17.2 Å². The highest BCUT2D eigenvalue weighted by Gasteiger charge is 2.33. The zero-order valence-corrected chi connectivity index (χ0v) is 15.8. The van der Waals surface area contributed by atoms with Gasteiger partial charge in [0.1, 0.15) is 22.7 Å². The average Bonchev–Trinajstić information content (AvgIpc) is 3.10. The molecule has 30 heavy (non-hydrogen) atoms. The maximum absolute atomic E-state index is 13.1. The molecule has 0 bridgehead atoms. The molecule has 2 heterocycles. The minimum Gasteiger partial charge on any atom is -0.494 e. The molecule has 8 nitrogen and oxygen atoms in total. The fraction of sp³-hybridized carbons (Fsp3) is 0.222.